The first-order valence-electron chi connectivity index (χ1n) is 9.72. The summed E-state index contributed by atoms with van der Waals surface area (Å²) in [7, 11) is 0. The van der Waals surface area contributed by atoms with E-state index >= 15 is 0 Å². The number of hydrogen-bond acceptors (Lipinski definition) is 4. The minimum Gasteiger partial charge on any atom is -0.508 e. The second kappa shape index (κ2) is 10.4. The molecular formula is C23H25ClO5. The first-order valence-corrected chi connectivity index (χ1v) is 10.1. The average molecular weight is 417 g/mol. The van der Waals surface area contributed by atoms with Crippen LogP contribution in [0.5, 0.6) is 5.75 Å². The van der Waals surface area contributed by atoms with Gasteiger partial charge in [-0.05, 0) is 31.4 Å². The molecule has 0 radical (unpaired) electrons. The zero-order valence-electron chi connectivity index (χ0n) is 16.0. The monoisotopic (exact) mass is 416 g/mol. The Morgan fingerprint density at radius 2 is 1.76 bits per heavy atom. The van der Waals surface area contributed by atoms with E-state index in [1.54, 1.807) is 18.2 Å². The van der Waals surface area contributed by atoms with Crippen LogP contribution in [0.3, 0.4) is 0 Å². The highest BCUT2D eigenvalue weighted by molar-refractivity contribution is 6.31. The van der Waals surface area contributed by atoms with Gasteiger partial charge in [0.15, 0.2) is 6.29 Å². The summed E-state index contributed by atoms with van der Waals surface area (Å²) in [6.45, 7) is 0.470. The normalized spacial score (nSPS) is 22.0. The quantitative estimate of drug-likeness (QED) is 0.544. The van der Waals surface area contributed by atoms with Gasteiger partial charge in [0.05, 0.1) is 12.7 Å². The van der Waals surface area contributed by atoms with Gasteiger partial charge in [0.2, 0.25) is 0 Å². The van der Waals surface area contributed by atoms with E-state index in [4.69, 9.17) is 26.2 Å². The number of phenolic OH excluding ortho intramolecular Hbond substituents is 1. The number of rotatable bonds is 8. The Morgan fingerprint density at radius 3 is 2.48 bits per heavy atom. The van der Waals surface area contributed by atoms with Crippen LogP contribution in [0, 0.1) is 5.92 Å². The molecule has 154 valence electrons. The fourth-order valence-corrected chi connectivity index (χ4v) is 3.68. The smallest absolute Gasteiger partial charge is 0.303 e. The molecule has 2 aromatic rings. The number of aromatic hydroxyl groups is 1. The molecule has 6 heteroatoms. The van der Waals surface area contributed by atoms with E-state index in [0.717, 1.165) is 24.0 Å². The predicted molar refractivity (Wildman–Crippen MR) is 111 cm³/mol. The Labute approximate surface area is 175 Å². The van der Waals surface area contributed by atoms with E-state index in [-0.39, 0.29) is 24.2 Å². The van der Waals surface area contributed by atoms with Gasteiger partial charge in [0.25, 0.3) is 0 Å². The van der Waals surface area contributed by atoms with Crippen molar-refractivity contribution in [3.63, 3.8) is 0 Å². The summed E-state index contributed by atoms with van der Waals surface area (Å²) in [5.74, 6) is -0.556. The second-order valence-corrected chi connectivity index (χ2v) is 7.45. The summed E-state index contributed by atoms with van der Waals surface area (Å²) in [5.41, 5.74) is 1.49. The predicted octanol–water partition coefficient (Wildman–Crippen LogP) is 5.65. The number of hydrogen-bond donors (Lipinski definition) is 2. The fourth-order valence-electron chi connectivity index (χ4n) is 3.45. The lowest BCUT2D eigenvalue weighted by Gasteiger charge is -2.37. The molecule has 0 aliphatic carbocycles. The lowest BCUT2D eigenvalue weighted by atomic mass is 9.90. The molecule has 1 unspecified atom stereocenters. The van der Waals surface area contributed by atoms with Crippen molar-refractivity contribution in [2.45, 2.75) is 38.1 Å². The van der Waals surface area contributed by atoms with Gasteiger partial charge < -0.3 is 19.7 Å². The summed E-state index contributed by atoms with van der Waals surface area (Å²) in [4.78, 5) is 10.6. The molecule has 1 aliphatic rings. The van der Waals surface area contributed by atoms with Gasteiger partial charge in [-0.2, -0.15) is 0 Å². The highest BCUT2D eigenvalue weighted by Gasteiger charge is 2.35. The molecule has 2 aromatic carbocycles. The number of carboxylic acid groups (broad SMARTS) is 1. The maximum Gasteiger partial charge on any atom is 0.303 e. The van der Waals surface area contributed by atoms with Crippen LogP contribution >= 0.6 is 11.6 Å². The number of ether oxygens (including phenoxy) is 2. The van der Waals surface area contributed by atoms with Crippen molar-refractivity contribution in [1.29, 1.82) is 0 Å². The lowest BCUT2D eigenvalue weighted by Crippen LogP contribution is -2.30. The highest BCUT2D eigenvalue weighted by atomic mass is 35.5. The molecule has 1 heterocycles. The molecule has 0 spiro atoms. The van der Waals surface area contributed by atoms with Crippen molar-refractivity contribution in [2.75, 3.05) is 6.61 Å². The van der Waals surface area contributed by atoms with Crippen molar-refractivity contribution in [3.8, 4) is 5.75 Å². The van der Waals surface area contributed by atoms with Gasteiger partial charge in [0, 0.05) is 28.5 Å². The zero-order chi connectivity index (χ0) is 20.6. The van der Waals surface area contributed by atoms with Crippen LogP contribution in [0.1, 0.15) is 49.2 Å². The van der Waals surface area contributed by atoms with Gasteiger partial charge in [-0.3, -0.25) is 4.79 Å². The molecular weight excluding hydrogens is 392 g/mol. The third kappa shape index (κ3) is 5.82. The van der Waals surface area contributed by atoms with Gasteiger partial charge in [-0.15, -0.1) is 0 Å². The number of halogens is 1. The molecule has 0 saturated carbocycles. The first-order chi connectivity index (χ1) is 14.1. The fraction of sp³-hybridized carbons (Fsp3) is 0.348. The molecule has 1 saturated heterocycles. The SMILES string of the molecule is O=C(O)CCC=CCC[C@@H]1COC(c2ccccc2Cl)O[C@@H]1c1ccccc1O. The number of phenols is 1. The molecule has 3 atom stereocenters. The minimum atomic E-state index is -0.797. The van der Waals surface area contributed by atoms with Gasteiger partial charge in [-0.25, -0.2) is 0 Å². The molecule has 5 nitrogen and oxygen atoms in total. The van der Waals surface area contributed by atoms with E-state index in [1.807, 2.05) is 42.5 Å². The molecule has 0 amide bonds. The van der Waals surface area contributed by atoms with E-state index in [2.05, 4.69) is 0 Å². The molecule has 29 heavy (non-hydrogen) atoms. The summed E-state index contributed by atoms with van der Waals surface area (Å²) >= 11 is 6.31. The Kier molecular flexibility index (Phi) is 7.69. The van der Waals surface area contributed by atoms with Crippen LogP contribution in [0.25, 0.3) is 0 Å². The number of para-hydroxylation sites is 1. The van der Waals surface area contributed by atoms with Gasteiger partial charge in [-0.1, -0.05) is 60.2 Å². The number of carboxylic acids is 1. The maximum absolute atomic E-state index is 10.6. The van der Waals surface area contributed by atoms with Crippen molar-refractivity contribution >= 4 is 17.6 Å². The topological polar surface area (TPSA) is 76.0 Å². The molecule has 3 rings (SSSR count). The van der Waals surface area contributed by atoms with E-state index in [1.165, 1.54) is 0 Å². The van der Waals surface area contributed by atoms with Gasteiger partial charge >= 0.3 is 5.97 Å². The maximum atomic E-state index is 10.6. The van der Waals surface area contributed by atoms with Crippen LogP contribution in [0.4, 0.5) is 0 Å². The summed E-state index contributed by atoms with van der Waals surface area (Å²) in [6, 6.07) is 14.6. The van der Waals surface area contributed by atoms with Crippen LogP contribution in [0.2, 0.25) is 5.02 Å². The summed E-state index contributed by atoms with van der Waals surface area (Å²) in [5, 5.41) is 19.6. The third-order valence-electron chi connectivity index (χ3n) is 4.96. The van der Waals surface area contributed by atoms with Gasteiger partial charge in [0.1, 0.15) is 5.75 Å². The Hall–Kier alpha value is -2.34. The largest absolute Gasteiger partial charge is 0.508 e. The highest BCUT2D eigenvalue weighted by Crippen LogP contribution is 2.43. The van der Waals surface area contributed by atoms with Crippen LogP contribution in [-0.4, -0.2) is 22.8 Å². The minimum absolute atomic E-state index is 0.0474. The Bertz CT molecular complexity index is 851. The number of carbonyl (C=O) groups is 1. The number of benzene rings is 2. The number of aliphatic carboxylic acids is 1. The van der Waals surface area contributed by atoms with Crippen LogP contribution in [-0.2, 0) is 14.3 Å². The average Bonchev–Trinajstić information content (AvgIpc) is 2.71. The molecule has 1 fully saturated rings. The summed E-state index contributed by atoms with van der Waals surface area (Å²) < 4.78 is 12.2. The molecule has 1 aliphatic heterocycles. The summed E-state index contributed by atoms with van der Waals surface area (Å²) in [6.07, 6.45) is 5.16. The van der Waals surface area contributed by atoms with Crippen molar-refractivity contribution < 1.29 is 24.5 Å². The van der Waals surface area contributed by atoms with E-state index < -0.39 is 12.3 Å². The van der Waals surface area contributed by atoms with Crippen LogP contribution < -0.4 is 0 Å². The molecule has 2 N–H and O–H groups in total. The Morgan fingerprint density at radius 1 is 1.07 bits per heavy atom. The Balaban J connectivity index is 1.72. The standard InChI is InChI=1S/C23H25ClO5/c24-19-12-7-5-10-17(19)23-28-15-16(9-3-1-2-4-14-21(26)27)22(29-23)18-11-6-8-13-20(18)25/h1-2,5-8,10-13,16,22-23,25H,3-4,9,14-15H2,(H,26,27)/t16-,22+,23?/m1/s1. The van der Waals surface area contributed by atoms with Crippen molar-refractivity contribution in [1.82, 2.24) is 0 Å². The number of allylic oxidation sites excluding steroid dienone is 2. The second-order valence-electron chi connectivity index (χ2n) is 7.04. The molecule has 0 bridgehead atoms. The first kappa shape index (κ1) is 21.4. The zero-order valence-corrected chi connectivity index (χ0v) is 16.8. The van der Waals surface area contributed by atoms with Crippen molar-refractivity contribution in [3.05, 3.63) is 76.8 Å². The molecule has 0 aromatic heterocycles. The lowest BCUT2D eigenvalue weighted by molar-refractivity contribution is -0.245. The third-order valence-corrected chi connectivity index (χ3v) is 5.30. The van der Waals surface area contributed by atoms with Crippen molar-refractivity contribution in [2.24, 2.45) is 5.92 Å². The van der Waals surface area contributed by atoms with E-state index in [0.29, 0.717) is 18.1 Å². The van der Waals surface area contributed by atoms with E-state index in [9.17, 15) is 9.90 Å². The van der Waals surface area contributed by atoms with Crippen LogP contribution in [0.15, 0.2) is 60.7 Å².